The average molecular weight is 692 g/mol. The molecule has 6 atom stereocenters. The Morgan fingerprint density at radius 1 is 0.958 bits per heavy atom. The van der Waals surface area contributed by atoms with Gasteiger partial charge in [0.25, 0.3) is 0 Å². The predicted molar refractivity (Wildman–Crippen MR) is 176 cm³/mol. The number of ether oxygens (including phenoxy) is 3. The third-order valence-corrected chi connectivity index (χ3v) is 10.7. The first kappa shape index (κ1) is 39.3. The Morgan fingerprint density at radius 3 is 2.29 bits per heavy atom. The summed E-state index contributed by atoms with van der Waals surface area (Å²) in [6.45, 7) is 8.02. The molecule has 2 saturated heterocycles. The summed E-state index contributed by atoms with van der Waals surface area (Å²) < 4.78 is 61.8. The molecule has 1 aliphatic carbocycles. The van der Waals surface area contributed by atoms with Gasteiger partial charge >= 0.3 is 6.18 Å². The van der Waals surface area contributed by atoms with E-state index in [1.807, 2.05) is 7.05 Å². The molecular formula is C34H60F3N5O6. The number of unbranched alkanes of at least 4 members (excludes halogenated alkanes) is 2. The van der Waals surface area contributed by atoms with Crippen LogP contribution in [0.2, 0.25) is 0 Å². The monoisotopic (exact) mass is 691 g/mol. The molecule has 1 spiro atoms. The van der Waals surface area contributed by atoms with Crippen molar-refractivity contribution in [1.82, 2.24) is 25.3 Å². The first-order valence-corrected chi connectivity index (χ1v) is 18.1. The van der Waals surface area contributed by atoms with Gasteiger partial charge in [0.05, 0.1) is 13.2 Å². The number of nitrogens with zero attached hydrogens (tertiary/aromatic N) is 3. The number of hydrogen-bond donors (Lipinski definition) is 3. The number of rotatable bonds is 22. The van der Waals surface area contributed by atoms with Gasteiger partial charge in [0, 0.05) is 19.0 Å². The van der Waals surface area contributed by atoms with Crippen LogP contribution in [0, 0.1) is 17.8 Å². The summed E-state index contributed by atoms with van der Waals surface area (Å²) in [6.07, 6.45) is 1.66. The van der Waals surface area contributed by atoms with Gasteiger partial charge in [-0.25, -0.2) is 4.89 Å². The van der Waals surface area contributed by atoms with E-state index in [-0.39, 0.29) is 43.0 Å². The van der Waals surface area contributed by atoms with Crippen molar-refractivity contribution >= 4 is 5.91 Å². The lowest BCUT2D eigenvalue weighted by molar-refractivity contribution is -0.243. The summed E-state index contributed by atoms with van der Waals surface area (Å²) in [5.41, 5.74) is -0.795. The van der Waals surface area contributed by atoms with Crippen LogP contribution in [0.25, 0.3) is 0 Å². The van der Waals surface area contributed by atoms with Crippen molar-refractivity contribution in [1.29, 1.82) is 0 Å². The molecular weight excluding hydrogens is 631 g/mol. The van der Waals surface area contributed by atoms with E-state index in [2.05, 4.69) is 46.3 Å². The van der Waals surface area contributed by atoms with Crippen LogP contribution in [0.3, 0.4) is 0 Å². The molecule has 1 amide bonds. The topological polar surface area (TPSA) is 108 Å². The molecule has 3 N–H and O–H groups in total. The van der Waals surface area contributed by atoms with E-state index < -0.39 is 36.0 Å². The minimum atomic E-state index is -4.71. The summed E-state index contributed by atoms with van der Waals surface area (Å²) >= 11 is 0. The van der Waals surface area contributed by atoms with Gasteiger partial charge in [-0.05, 0) is 142 Å². The smallest absolute Gasteiger partial charge is 0.449 e. The second-order valence-corrected chi connectivity index (χ2v) is 14.4. The highest BCUT2D eigenvalue weighted by Gasteiger charge is 2.69. The van der Waals surface area contributed by atoms with Crippen LogP contribution in [0.5, 0.6) is 0 Å². The molecule has 3 fully saturated rings. The van der Waals surface area contributed by atoms with Crippen molar-refractivity contribution in [2.45, 2.75) is 95.5 Å². The number of carbonyl (C=O) groups excluding carboxylic acids is 1. The SMILES string of the molecule is CNCCCN(C)CCCCN(C)CCCNC(=O)CN(CCCCOO)CC1=C(C(F)(F)F)OC2OC3CCC4C(C)CCC1C24O3. The lowest BCUT2D eigenvalue weighted by atomic mass is 9.58. The van der Waals surface area contributed by atoms with Gasteiger partial charge in [-0.15, -0.1) is 0 Å². The molecule has 1 saturated carbocycles. The van der Waals surface area contributed by atoms with Crippen LogP contribution in [-0.2, 0) is 23.9 Å². The summed E-state index contributed by atoms with van der Waals surface area (Å²) in [5.74, 6) is -1.42. The molecule has 14 heteroatoms. The molecule has 3 heterocycles. The van der Waals surface area contributed by atoms with E-state index in [0.717, 1.165) is 71.2 Å². The summed E-state index contributed by atoms with van der Waals surface area (Å²) in [4.78, 5) is 23.7. The fourth-order valence-electron chi connectivity index (χ4n) is 8.22. The van der Waals surface area contributed by atoms with Crippen molar-refractivity contribution in [2.24, 2.45) is 17.8 Å². The van der Waals surface area contributed by atoms with Crippen LogP contribution < -0.4 is 10.6 Å². The van der Waals surface area contributed by atoms with Gasteiger partial charge in [0.1, 0.15) is 5.60 Å². The number of amides is 1. The number of allylic oxidation sites excluding steroid dienone is 1. The zero-order valence-electron chi connectivity index (χ0n) is 29.5. The highest BCUT2D eigenvalue weighted by atomic mass is 19.4. The molecule has 0 radical (unpaired) electrons. The van der Waals surface area contributed by atoms with E-state index >= 15 is 0 Å². The van der Waals surface area contributed by atoms with E-state index in [1.54, 1.807) is 4.90 Å². The predicted octanol–water partition coefficient (Wildman–Crippen LogP) is 4.06. The average Bonchev–Trinajstić information content (AvgIpc) is 3.32. The van der Waals surface area contributed by atoms with Crippen LogP contribution in [0.1, 0.15) is 71.1 Å². The quantitative estimate of drug-likeness (QED) is 0.0875. The standard InChI is InChI=1S/C34H60F3N5O6/c1-25-11-12-28-26(31(34(35,36)37)47-32-33(28)27(25)13-14-30(46-32)48-33)23-42(21-7-8-22-45-44)24-29(43)39-16-10-20-41(4)18-6-5-17-40(3)19-9-15-38-2/h25,27-28,30,32,38,44H,5-24H2,1-4H3,(H,39,43). The number of halogens is 3. The fraction of sp³-hybridized carbons (Fsp3) is 0.912. The van der Waals surface area contributed by atoms with Gasteiger partial charge in [0.2, 0.25) is 18.0 Å². The van der Waals surface area contributed by atoms with Gasteiger partial charge in [-0.2, -0.15) is 13.2 Å². The van der Waals surface area contributed by atoms with Crippen molar-refractivity contribution < 1.29 is 42.3 Å². The molecule has 0 aromatic rings. The third kappa shape index (κ3) is 10.3. The number of carbonyl (C=O) groups is 1. The summed E-state index contributed by atoms with van der Waals surface area (Å²) in [6, 6.07) is 0. The van der Waals surface area contributed by atoms with Gasteiger partial charge < -0.3 is 34.6 Å². The molecule has 3 aliphatic heterocycles. The number of fused-ring (bicyclic) bond motifs is 1. The molecule has 0 aromatic heterocycles. The molecule has 0 aromatic carbocycles. The van der Waals surface area contributed by atoms with Crippen molar-refractivity contribution in [3.8, 4) is 0 Å². The fourth-order valence-corrected chi connectivity index (χ4v) is 8.22. The molecule has 4 rings (SSSR count). The Kier molecular flexibility index (Phi) is 15.2. The van der Waals surface area contributed by atoms with Crippen molar-refractivity contribution in [3.63, 3.8) is 0 Å². The maximum absolute atomic E-state index is 14.6. The summed E-state index contributed by atoms with van der Waals surface area (Å²) in [7, 11) is 6.22. The van der Waals surface area contributed by atoms with Gasteiger partial charge in [0.15, 0.2) is 6.29 Å². The molecule has 11 nitrogen and oxygen atoms in total. The second-order valence-electron chi connectivity index (χ2n) is 14.4. The molecule has 48 heavy (non-hydrogen) atoms. The highest BCUT2D eigenvalue weighted by Crippen LogP contribution is 2.61. The highest BCUT2D eigenvalue weighted by molar-refractivity contribution is 5.78. The van der Waals surface area contributed by atoms with E-state index in [0.29, 0.717) is 38.8 Å². The maximum Gasteiger partial charge on any atom is 0.449 e. The van der Waals surface area contributed by atoms with Crippen LogP contribution in [0.15, 0.2) is 11.3 Å². The Morgan fingerprint density at radius 2 is 1.62 bits per heavy atom. The Labute approximate surface area is 284 Å². The zero-order valence-corrected chi connectivity index (χ0v) is 29.5. The zero-order chi connectivity index (χ0) is 34.7. The molecule has 278 valence electrons. The van der Waals surface area contributed by atoms with Crippen molar-refractivity contribution in [2.75, 3.05) is 86.7 Å². The Balaban J connectivity index is 1.32. The minimum Gasteiger partial charge on any atom is -0.456 e. The maximum atomic E-state index is 14.6. The Hall–Kier alpha value is -1.52. The van der Waals surface area contributed by atoms with Crippen LogP contribution in [0.4, 0.5) is 13.2 Å². The first-order chi connectivity index (χ1) is 23.0. The Bertz CT molecular complexity index is 1040. The number of hydrogen-bond acceptors (Lipinski definition) is 10. The number of nitrogens with one attached hydrogen (secondary N) is 2. The normalized spacial score (nSPS) is 28.4. The first-order valence-electron chi connectivity index (χ1n) is 18.1. The molecule has 2 bridgehead atoms. The van der Waals surface area contributed by atoms with E-state index in [9.17, 15) is 18.0 Å². The molecule has 4 aliphatic rings. The second kappa shape index (κ2) is 18.6. The lowest BCUT2D eigenvalue weighted by Crippen LogP contribution is -2.62. The number of alkyl halides is 3. The van der Waals surface area contributed by atoms with Crippen LogP contribution in [-0.4, -0.2) is 137 Å². The van der Waals surface area contributed by atoms with Crippen LogP contribution >= 0.6 is 0 Å². The molecule has 6 unspecified atom stereocenters. The minimum absolute atomic E-state index is 0.0380. The van der Waals surface area contributed by atoms with Gasteiger partial charge in [-0.3, -0.25) is 15.0 Å². The van der Waals surface area contributed by atoms with E-state index in [1.165, 1.54) is 0 Å². The largest absolute Gasteiger partial charge is 0.456 e. The van der Waals surface area contributed by atoms with E-state index in [4.69, 9.17) is 19.5 Å². The van der Waals surface area contributed by atoms with Crippen molar-refractivity contribution in [3.05, 3.63) is 11.3 Å². The lowest BCUT2D eigenvalue weighted by Gasteiger charge is -2.55. The van der Waals surface area contributed by atoms with Gasteiger partial charge in [-0.1, -0.05) is 6.92 Å². The summed E-state index contributed by atoms with van der Waals surface area (Å²) in [5, 5.41) is 14.9. The third-order valence-electron chi connectivity index (χ3n) is 10.7.